The van der Waals surface area contributed by atoms with E-state index in [0.29, 0.717) is 11.3 Å². The van der Waals surface area contributed by atoms with Crippen LogP contribution in [0.15, 0.2) is 6.20 Å². The van der Waals surface area contributed by atoms with Gasteiger partial charge in [-0.3, -0.25) is 0 Å². The van der Waals surface area contributed by atoms with Gasteiger partial charge in [0.15, 0.2) is 5.69 Å². The Kier molecular flexibility index (Phi) is 1.65. The van der Waals surface area contributed by atoms with Crippen molar-refractivity contribution in [3.63, 3.8) is 0 Å². The Morgan fingerprint density at radius 2 is 2.38 bits per heavy atom. The van der Waals surface area contributed by atoms with Gasteiger partial charge in [0.1, 0.15) is 11.9 Å². The molecule has 1 aromatic rings. The number of cyclic esters (lactones) is 1. The molecule has 1 aliphatic heterocycles. The molecule has 2 rings (SSSR count). The SMILES string of the molecule is COc1cnnc2c1C(C)OC2=O. The highest BCUT2D eigenvalue weighted by Crippen LogP contribution is 2.34. The highest BCUT2D eigenvalue weighted by molar-refractivity contribution is 5.92. The Morgan fingerprint density at radius 3 is 3.08 bits per heavy atom. The third kappa shape index (κ3) is 1.04. The smallest absolute Gasteiger partial charge is 0.360 e. The van der Waals surface area contributed by atoms with Gasteiger partial charge in [-0.15, -0.1) is 5.10 Å². The zero-order chi connectivity index (χ0) is 9.42. The van der Waals surface area contributed by atoms with Crippen LogP contribution in [0.25, 0.3) is 0 Å². The van der Waals surface area contributed by atoms with Gasteiger partial charge in [-0.2, -0.15) is 5.10 Å². The van der Waals surface area contributed by atoms with Gasteiger partial charge >= 0.3 is 5.97 Å². The maximum atomic E-state index is 11.2. The molecule has 0 radical (unpaired) electrons. The monoisotopic (exact) mass is 180 g/mol. The van der Waals surface area contributed by atoms with Gasteiger partial charge in [0.25, 0.3) is 0 Å². The van der Waals surface area contributed by atoms with Crippen LogP contribution < -0.4 is 4.74 Å². The Bertz CT molecular complexity index is 364. The molecule has 0 saturated carbocycles. The number of nitrogens with zero attached hydrogens (tertiary/aromatic N) is 2. The van der Waals surface area contributed by atoms with Gasteiger partial charge in [0.05, 0.1) is 18.9 Å². The van der Waals surface area contributed by atoms with Gasteiger partial charge in [-0.1, -0.05) is 0 Å². The molecule has 1 atom stereocenters. The summed E-state index contributed by atoms with van der Waals surface area (Å²) in [6, 6.07) is 0. The van der Waals surface area contributed by atoms with E-state index in [1.54, 1.807) is 6.92 Å². The van der Waals surface area contributed by atoms with Crippen molar-refractivity contribution in [1.82, 2.24) is 10.2 Å². The average molecular weight is 180 g/mol. The predicted octanol–water partition coefficient (Wildman–Crippen LogP) is 0.717. The first kappa shape index (κ1) is 7.97. The van der Waals surface area contributed by atoms with Crippen LogP contribution in [0.2, 0.25) is 0 Å². The lowest BCUT2D eigenvalue weighted by Crippen LogP contribution is -2.00. The molecule has 0 amide bonds. The van der Waals surface area contributed by atoms with Crippen LogP contribution in [0, 0.1) is 0 Å². The molecule has 0 aliphatic carbocycles. The maximum absolute atomic E-state index is 11.2. The van der Waals surface area contributed by atoms with Crippen molar-refractivity contribution in [3.8, 4) is 5.75 Å². The highest BCUT2D eigenvalue weighted by atomic mass is 16.6. The number of rotatable bonds is 1. The van der Waals surface area contributed by atoms with Crippen LogP contribution in [0.4, 0.5) is 0 Å². The number of carbonyl (C=O) groups is 1. The van der Waals surface area contributed by atoms with E-state index in [2.05, 4.69) is 10.2 Å². The lowest BCUT2D eigenvalue weighted by molar-refractivity contribution is 0.0416. The van der Waals surface area contributed by atoms with Crippen molar-refractivity contribution in [1.29, 1.82) is 0 Å². The minimum Gasteiger partial charge on any atom is -0.495 e. The van der Waals surface area contributed by atoms with E-state index < -0.39 is 5.97 Å². The average Bonchev–Trinajstić information content (AvgIpc) is 2.43. The molecule has 13 heavy (non-hydrogen) atoms. The summed E-state index contributed by atoms with van der Waals surface area (Å²) >= 11 is 0. The van der Waals surface area contributed by atoms with Gasteiger partial charge in [-0.05, 0) is 6.92 Å². The summed E-state index contributed by atoms with van der Waals surface area (Å²) in [6.07, 6.45) is 1.17. The number of hydrogen-bond donors (Lipinski definition) is 0. The van der Waals surface area contributed by atoms with Gasteiger partial charge in [0, 0.05) is 0 Å². The zero-order valence-electron chi connectivity index (χ0n) is 7.27. The van der Waals surface area contributed by atoms with Crippen molar-refractivity contribution < 1.29 is 14.3 Å². The highest BCUT2D eigenvalue weighted by Gasteiger charge is 2.33. The molecule has 2 heterocycles. The summed E-state index contributed by atoms with van der Waals surface area (Å²) in [5.41, 5.74) is 0.939. The molecule has 0 fully saturated rings. The van der Waals surface area contributed by atoms with Crippen LogP contribution in [0.3, 0.4) is 0 Å². The molecule has 0 bridgehead atoms. The fourth-order valence-corrected chi connectivity index (χ4v) is 1.36. The second kappa shape index (κ2) is 2.69. The molecule has 1 aliphatic rings. The van der Waals surface area contributed by atoms with E-state index in [9.17, 15) is 4.79 Å². The van der Waals surface area contributed by atoms with Crippen molar-refractivity contribution in [3.05, 3.63) is 17.5 Å². The van der Waals surface area contributed by atoms with Gasteiger partial charge in [-0.25, -0.2) is 4.79 Å². The number of ether oxygens (including phenoxy) is 2. The molecule has 5 nitrogen and oxygen atoms in total. The number of carbonyl (C=O) groups excluding carboxylic acids is 1. The van der Waals surface area contributed by atoms with E-state index >= 15 is 0 Å². The summed E-state index contributed by atoms with van der Waals surface area (Å²) in [7, 11) is 1.52. The number of fused-ring (bicyclic) bond motifs is 1. The summed E-state index contributed by atoms with van der Waals surface area (Å²) in [5.74, 6) is 0.109. The van der Waals surface area contributed by atoms with Crippen LogP contribution in [-0.4, -0.2) is 23.3 Å². The standard InChI is InChI=1S/C8H8N2O3/c1-4-6-5(12-2)3-9-10-7(6)8(11)13-4/h3-4H,1-2H3. The normalized spacial score (nSPS) is 19.5. The van der Waals surface area contributed by atoms with E-state index in [1.165, 1.54) is 13.3 Å². The molecule has 1 aromatic heterocycles. The minimum atomic E-state index is -0.436. The molecule has 68 valence electrons. The summed E-state index contributed by atoms with van der Waals surface area (Å²) in [4.78, 5) is 11.2. The molecule has 5 heteroatoms. The van der Waals surface area contributed by atoms with E-state index in [1.807, 2.05) is 0 Å². The first-order valence-corrected chi connectivity index (χ1v) is 3.84. The second-order valence-electron chi connectivity index (χ2n) is 2.72. The third-order valence-corrected chi connectivity index (χ3v) is 1.96. The molecular formula is C8H8N2O3. The van der Waals surface area contributed by atoms with Crippen LogP contribution in [-0.2, 0) is 4.74 Å². The van der Waals surface area contributed by atoms with E-state index in [4.69, 9.17) is 9.47 Å². The minimum absolute atomic E-state index is 0.256. The largest absolute Gasteiger partial charge is 0.495 e. The predicted molar refractivity (Wildman–Crippen MR) is 42.4 cm³/mol. The fraction of sp³-hybridized carbons (Fsp3) is 0.375. The maximum Gasteiger partial charge on any atom is 0.360 e. The fourth-order valence-electron chi connectivity index (χ4n) is 1.36. The van der Waals surface area contributed by atoms with E-state index in [0.717, 1.165) is 0 Å². The van der Waals surface area contributed by atoms with Gasteiger partial charge in [0.2, 0.25) is 0 Å². The molecule has 1 unspecified atom stereocenters. The Morgan fingerprint density at radius 1 is 1.62 bits per heavy atom. The number of aromatic nitrogens is 2. The van der Waals surface area contributed by atoms with Crippen LogP contribution in [0.1, 0.15) is 29.1 Å². The Balaban J connectivity index is 2.62. The second-order valence-corrected chi connectivity index (χ2v) is 2.72. The van der Waals surface area contributed by atoms with Crippen LogP contribution in [0.5, 0.6) is 5.75 Å². The Hall–Kier alpha value is -1.65. The molecular weight excluding hydrogens is 172 g/mol. The topological polar surface area (TPSA) is 61.3 Å². The molecule has 0 spiro atoms. The zero-order valence-corrected chi connectivity index (χ0v) is 7.27. The first-order valence-electron chi connectivity index (χ1n) is 3.84. The van der Waals surface area contributed by atoms with Crippen LogP contribution >= 0.6 is 0 Å². The van der Waals surface area contributed by atoms with E-state index in [-0.39, 0.29) is 11.8 Å². The van der Waals surface area contributed by atoms with Crippen molar-refractivity contribution >= 4 is 5.97 Å². The molecule has 0 N–H and O–H groups in total. The molecule has 0 aromatic carbocycles. The first-order chi connectivity index (χ1) is 6.24. The Labute approximate surface area is 74.7 Å². The molecule has 0 saturated heterocycles. The van der Waals surface area contributed by atoms with Crippen molar-refractivity contribution in [2.24, 2.45) is 0 Å². The quantitative estimate of drug-likeness (QED) is 0.596. The lowest BCUT2D eigenvalue weighted by atomic mass is 10.1. The van der Waals surface area contributed by atoms with Crippen molar-refractivity contribution in [2.75, 3.05) is 7.11 Å². The third-order valence-electron chi connectivity index (χ3n) is 1.96. The lowest BCUT2D eigenvalue weighted by Gasteiger charge is -2.06. The summed E-state index contributed by atoms with van der Waals surface area (Å²) in [6.45, 7) is 1.77. The van der Waals surface area contributed by atoms with Crippen molar-refractivity contribution in [2.45, 2.75) is 13.0 Å². The summed E-state index contributed by atoms with van der Waals surface area (Å²) in [5, 5.41) is 7.33. The number of hydrogen-bond acceptors (Lipinski definition) is 5. The number of esters is 1. The van der Waals surface area contributed by atoms with Gasteiger partial charge < -0.3 is 9.47 Å². The number of methoxy groups -OCH3 is 1. The summed E-state index contributed by atoms with van der Waals surface area (Å²) < 4.78 is 9.99.